The molecule has 0 aliphatic carbocycles. The highest BCUT2D eigenvalue weighted by Crippen LogP contribution is 2.10. The lowest BCUT2D eigenvalue weighted by molar-refractivity contribution is 0.196. The quantitative estimate of drug-likeness (QED) is 0.562. The summed E-state index contributed by atoms with van der Waals surface area (Å²) in [5.74, 6) is 5.47. The van der Waals surface area contributed by atoms with Crippen LogP contribution in [0, 0.1) is 18.3 Å². The first kappa shape index (κ1) is 13.9. The third-order valence-corrected chi connectivity index (χ3v) is 3.67. The van der Waals surface area contributed by atoms with Gasteiger partial charge in [0, 0.05) is 38.0 Å². The van der Waals surface area contributed by atoms with Crippen LogP contribution in [0.4, 0.5) is 0 Å². The van der Waals surface area contributed by atoms with Gasteiger partial charge in [0.1, 0.15) is 0 Å². The Morgan fingerprint density at radius 3 is 3.06 bits per heavy atom. The maximum Gasteiger partial charge on any atom is 0.0545 e. The topological polar surface area (TPSA) is 15.3 Å². The fraction of sp³-hybridized carbons (Fsp3) is 0.846. The molecule has 1 aliphatic rings. The molecule has 0 bridgehead atoms. The molecular weight excluding hydrogens is 216 g/mol. The molecule has 0 aromatic rings. The lowest BCUT2D eigenvalue weighted by Crippen LogP contribution is -2.51. The lowest BCUT2D eigenvalue weighted by atomic mass is 10.0. The molecule has 1 heterocycles. The van der Waals surface area contributed by atoms with E-state index in [-0.39, 0.29) is 0 Å². The van der Waals surface area contributed by atoms with Crippen molar-refractivity contribution >= 4 is 11.8 Å². The SMILES string of the molecule is C#CCSCCN1CCNC(CC(C)C)C1. The number of nitrogens with zero attached hydrogens (tertiary/aromatic N) is 1. The van der Waals surface area contributed by atoms with Crippen LogP contribution < -0.4 is 5.32 Å². The molecule has 0 spiro atoms. The van der Waals surface area contributed by atoms with Crippen molar-refractivity contribution in [3.8, 4) is 12.3 Å². The third-order valence-electron chi connectivity index (χ3n) is 2.83. The Balaban J connectivity index is 2.15. The van der Waals surface area contributed by atoms with Crippen molar-refractivity contribution in [2.75, 3.05) is 37.7 Å². The second-order valence-corrected chi connectivity index (χ2v) is 5.94. The summed E-state index contributed by atoms with van der Waals surface area (Å²) in [6, 6.07) is 0.686. The van der Waals surface area contributed by atoms with Gasteiger partial charge < -0.3 is 5.32 Å². The smallest absolute Gasteiger partial charge is 0.0545 e. The number of hydrogen-bond acceptors (Lipinski definition) is 3. The van der Waals surface area contributed by atoms with Gasteiger partial charge in [-0.05, 0) is 12.3 Å². The lowest BCUT2D eigenvalue weighted by Gasteiger charge is -2.34. The Morgan fingerprint density at radius 1 is 1.56 bits per heavy atom. The van der Waals surface area contributed by atoms with Crippen LogP contribution in [0.3, 0.4) is 0 Å². The minimum Gasteiger partial charge on any atom is -0.311 e. The van der Waals surface area contributed by atoms with Crippen LogP contribution in [-0.4, -0.2) is 48.6 Å². The van der Waals surface area contributed by atoms with E-state index in [1.807, 2.05) is 11.8 Å². The van der Waals surface area contributed by atoms with Crippen molar-refractivity contribution in [1.82, 2.24) is 10.2 Å². The largest absolute Gasteiger partial charge is 0.311 e. The van der Waals surface area contributed by atoms with Crippen LogP contribution in [0.2, 0.25) is 0 Å². The summed E-state index contributed by atoms with van der Waals surface area (Å²) >= 11 is 1.86. The minimum atomic E-state index is 0.686. The summed E-state index contributed by atoms with van der Waals surface area (Å²) in [7, 11) is 0. The Labute approximate surface area is 105 Å². The summed E-state index contributed by atoms with van der Waals surface area (Å²) < 4.78 is 0. The first-order valence-electron chi connectivity index (χ1n) is 6.19. The van der Waals surface area contributed by atoms with Crippen LogP contribution in [-0.2, 0) is 0 Å². The van der Waals surface area contributed by atoms with Crippen molar-refractivity contribution in [3.05, 3.63) is 0 Å². The second kappa shape index (κ2) is 8.00. The average Bonchev–Trinajstić information content (AvgIpc) is 2.24. The Hall–Kier alpha value is -0.170. The zero-order chi connectivity index (χ0) is 11.8. The fourth-order valence-electron chi connectivity index (χ4n) is 2.15. The summed E-state index contributed by atoms with van der Waals surface area (Å²) in [4.78, 5) is 2.56. The third kappa shape index (κ3) is 5.79. The Kier molecular flexibility index (Phi) is 6.95. The highest BCUT2D eigenvalue weighted by Gasteiger charge is 2.19. The summed E-state index contributed by atoms with van der Waals surface area (Å²) in [5.41, 5.74) is 0. The highest BCUT2D eigenvalue weighted by molar-refractivity contribution is 7.99. The molecule has 0 aromatic carbocycles. The predicted octanol–water partition coefficient (Wildman–Crippen LogP) is 1.67. The highest BCUT2D eigenvalue weighted by atomic mass is 32.2. The van der Waals surface area contributed by atoms with E-state index >= 15 is 0 Å². The maximum absolute atomic E-state index is 5.23. The molecule has 1 aliphatic heterocycles. The first-order chi connectivity index (χ1) is 7.72. The summed E-state index contributed by atoms with van der Waals surface area (Å²) in [5, 5.41) is 3.60. The summed E-state index contributed by atoms with van der Waals surface area (Å²) in [6.45, 7) is 9.30. The van der Waals surface area contributed by atoms with E-state index in [1.165, 1.54) is 31.8 Å². The van der Waals surface area contributed by atoms with Gasteiger partial charge in [-0.3, -0.25) is 4.90 Å². The fourth-order valence-corrected chi connectivity index (χ4v) is 2.80. The Bertz CT molecular complexity index is 222. The van der Waals surface area contributed by atoms with E-state index in [0.717, 1.165) is 18.2 Å². The monoisotopic (exact) mass is 240 g/mol. The number of hydrogen-bond donors (Lipinski definition) is 1. The molecule has 0 saturated carbocycles. The van der Waals surface area contributed by atoms with Crippen LogP contribution in [0.1, 0.15) is 20.3 Å². The van der Waals surface area contributed by atoms with Crippen LogP contribution in [0.5, 0.6) is 0 Å². The van der Waals surface area contributed by atoms with Gasteiger partial charge in [0.25, 0.3) is 0 Å². The van der Waals surface area contributed by atoms with Crippen molar-refractivity contribution in [2.45, 2.75) is 26.3 Å². The molecule has 1 N–H and O–H groups in total. The molecule has 1 fully saturated rings. The van der Waals surface area contributed by atoms with Crippen LogP contribution in [0.15, 0.2) is 0 Å². The van der Waals surface area contributed by atoms with Gasteiger partial charge in [-0.1, -0.05) is 19.8 Å². The van der Waals surface area contributed by atoms with Crippen molar-refractivity contribution in [2.24, 2.45) is 5.92 Å². The van der Waals surface area contributed by atoms with Gasteiger partial charge in [0.05, 0.1) is 5.75 Å². The number of rotatable bonds is 6. The molecule has 92 valence electrons. The van der Waals surface area contributed by atoms with Gasteiger partial charge in [-0.15, -0.1) is 18.2 Å². The number of terminal acetylenes is 1. The summed E-state index contributed by atoms with van der Waals surface area (Å²) in [6.07, 6.45) is 6.52. The number of thioether (sulfide) groups is 1. The zero-order valence-electron chi connectivity index (χ0n) is 10.5. The number of piperazine rings is 1. The van der Waals surface area contributed by atoms with Crippen molar-refractivity contribution < 1.29 is 0 Å². The van der Waals surface area contributed by atoms with E-state index in [0.29, 0.717) is 6.04 Å². The molecule has 1 rings (SSSR count). The zero-order valence-corrected chi connectivity index (χ0v) is 11.4. The van der Waals surface area contributed by atoms with E-state index in [4.69, 9.17) is 6.42 Å². The van der Waals surface area contributed by atoms with Crippen molar-refractivity contribution in [1.29, 1.82) is 0 Å². The van der Waals surface area contributed by atoms with E-state index in [9.17, 15) is 0 Å². The van der Waals surface area contributed by atoms with Crippen LogP contribution >= 0.6 is 11.8 Å². The molecule has 1 atom stereocenters. The van der Waals surface area contributed by atoms with Gasteiger partial charge >= 0.3 is 0 Å². The molecule has 0 aromatic heterocycles. The molecule has 3 heteroatoms. The van der Waals surface area contributed by atoms with Gasteiger partial charge in [0.2, 0.25) is 0 Å². The van der Waals surface area contributed by atoms with E-state index in [2.05, 4.69) is 30.0 Å². The van der Waals surface area contributed by atoms with Gasteiger partial charge in [-0.25, -0.2) is 0 Å². The number of nitrogens with one attached hydrogen (secondary N) is 1. The molecular formula is C13H24N2S. The standard InChI is InChI=1S/C13H24N2S/c1-4-8-16-9-7-15-6-5-14-13(11-15)10-12(2)3/h1,12-14H,5-11H2,2-3H3. The predicted molar refractivity (Wildman–Crippen MR) is 73.8 cm³/mol. The normalized spacial score (nSPS) is 22.2. The molecule has 1 unspecified atom stereocenters. The first-order valence-corrected chi connectivity index (χ1v) is 7.34. The molecule has 0 radical (unpaired) electrons. The molecule has 16 heavy (non-hydrogen) atoms. The molecule has 2 nitrogen and oxygen atoms in total. The molecule has 1 saturated heterocycles. The Morgan fingerprint density at radius 2 is 2.38 bits per heavy atom. The molecule has 0 amide bonds. The maximum atomic E-state index is 5.23. The van der Waals surface area contributed by atoms with Crippen LogP contribution in [0.25, 0.3) is 0 Å². The van der Waals surface area contributed by atoms with Gasteiger partial charge in [-0.2, -0.15) is 0 Å². The minimum absolute atomic E-state index is 0.686. The van der Waals surface area contributed by atoms with E-state index in [1.54, 1.807) is 0 Å². The van der Waals surface area contributed by atoms with Gasteiger partial charge in [0.15, 0.2) is 0 Å². The second-order valence-electron chi connectivity index (χ2n) is 4.84. The average molecular weight is 240 g/mol. The van der Waals surface area contributed by atoms with Crippen molar-refractivity contribution in [3.63, 3.8) is 0 Å². The van der Waals surface area contributed by atoms with E-state index < -0.39 is 0 Å².